The molecule has 0 saturated carbocycles. The molecule has 0 aromatic heterocycles. The largest absolute Gasteiger partial charge is 0.309 e. The summed E-state index contributed by atoms with van der Waals surface area (Å²) in [6.45, 7) is 7.66. The first-order valence-electron chi connectivity index (χ1n) is 6.89. The van der Waals surface area contributed by atoms with E-state index in [1.54, 1.807) is 0 Å². The van der Waals surface area contributed by atoms with E-state index in [4.69, 9.17) is 5.26 Å². The predicted molar refractivity (Wildman–Crippen MR) is 84.4 cm³/mol. The first-order valence-corrected chi connectivity index (χ1v) is 8.12. The van der Waals surface area contributed by atoms with E-state index >= 15 is 0 Å². The van der Waals surface area contributed by atoms with Crippen LogP contribution >= 0.6 is 11.8 Å². The third kappa shape index (κ3) is 4.26. The van der Waals surface area contributed by atoms with Crippen molar-refractivity contribution in [1.82, 2.24) is 5.32 Å². The number of nitrogens with zero attached hydrogens (tertiary/aromatic N) is 1. The van der Waals surface area contributed by atoms with E-state index in [1.807, 2.05) is 30.0 Å². The van der Waals surface area contributed by atoms with Crippen LogP contribution in [0.5, 0.6) is 0 Å². The molecule has 0 aliphatic carbocycles. The van der Waals surface area contributed by atoms with Gasteiger partial charge in [-0.25, -0.2) is 0 Å². The van der Waals surface area contributed by atoms with E-state index < -0.39 is 0 Å². The third-order valence-corrected chi connectivity index (χ3v) is 5.56. The van der Waals surface area contributed by atoms with Crippen molar-refractivity contribution in [2.75, 3.05) is 12.8 Å². The van der Waals surface area contributed by atoms with E-state index in [-0.39, 0.29) is 6.04 Å². The Morgan fingerprint density at radius 2 is 2.05 bits per heavy atom. The van der Waals surface area contributed by atoms with Crippen molar-refractivity contribution in [1.29, 1.82) is 5.26 Å². The van der Waals surface area contributed by atoms with E-state index in [9.17, 15) is 0 Å². The molecule has 1 rings (SSSR count). The number of hydrogen-bond acceptors (Lipinski definition) is 3. The van der Waals surface area contributed by atoms with Gasteiger partial charge in [-0.15, -0.1) is 0 Å². The van der Waals surface area contributed by atoms with Crippen molar-refractivity contribution in [3.05, 3.63) is 35.4 Å². The van der Waals surface area contributed by atoms with Gasteiger partial charge in [-0.2, -0.15) is 17.0 Å². The summed E-state index contributed by atoms with van der Waals surface area (Å²) in [6, 6.07) is 10.3. The molecule has 1 aromatic carbocycles. The minimum absolute atomic E-state index is 0.276. The highest BCUT2D eigenvalue weighted by Gasteiger charge is 2.25. The maximum Gasteiger partial charge on any atom is 0.0991 e. The topological polar surface area (TPSA) is 35.8 Å². The average molecular weight is 276 g/mol. The van der Waals surface area contributed by atoms with Gasteiger partial charge in [0.1, 0.15) is 0 Å². The van der Waals surface area contributed by atoms with Gasteiger partial charge in [0.15, 0.2) is 0 Å². The van der Waals surface area contributed by atoms with Gasteiger partial charge in [-0.05, 0) is 43.7 Å². The minimum Gasteiger partial charge on any atom is -0.309 e. The number of thioether (sulfide) groups is 1. The average Bonchev–Trinajstić information content (AvgIpc) is 2.49. The highest BCUT2D eigenvalue weighted by Crippen LogP contribution is 2.30. The summed E-state index contributed by atoms with van der Waals surface area (Å²) in [6.07, 6.45) is 4.53. The van der Waals surface area contributed by atoms with Crippen molar-refractivity contribution in [3.63, 3.8) is 0 Å². The Hall–Kier alpha value is -0.980. The van der Waals surface area contributed by atoms with Crippen LogP contribution in [0, 0.1) is 11.3 Å². The smallest absolute Gasteiger partial charge is 0.0991 e. The summed E-state index contributed by atoms with van der Waals surface area (Å²) in [5, 5.41) is 12.6. The van der Waals surface area contributed by atoms with Crippen molar-refractivity contribution >= 4 is 11.8 Å². The lowest BCUT2D eigenvalue weighted by atomic mass is 10.0. The molecule has 0 heterocycles. The Balaban J connectivity index is 2.69. The van der Waals surface area contributed by atoms with E-state index in [1.165, 1.54) is 18.4 Å². The Kier molecular flexibility index (Phi) is 6.41. The molecule has 0 spiro atoms. The molecule has 104 valence electrons. The molecule has 1 aromatic rings. The van der Waals surface area contributed by atoms with Gasteiger partial charge in [0.05, 0.1) is 11.6 Å². The molecule has 19 heavy (non-hydrogen) atoms. The molecular formula is C16H24N2S. The Morgan fingerprint density at radius 1 is 1.37 bits per heavy atom. The molecule has 3 heteroatoms. The van der Waals surface area contributed by atoms with Gasteiger partial charge >= 0.3 is 0 Å². The summed E-state index contributed by atoms with van der Waals surface area (Å²) in [5.41, 5.74) is 1.91. The molecule has 0 aliphatic heterocycles. The highest BCUT2D eigenvalue weighted by atomic mass is 32.2. The van der Waals surface area contributed by atoms with Gasteiger partial charge < -0.3 is 5.32 Å². The van der Waals surface area contributed by atoms with Gasteiger partial charge in [0.2, 0.25) is 0 Å². The molecule has 1 atom stereocenters. The summed E-state index contributed by atoms with van der Waals surface area (Å²) in [5.74, 6) is 0. The Morgan fingerprint density at radius 3 is 2.58 bits per heavy atom. The van der Waals surface area contributed by atoms with Crippen LogP contribution in [0.15, 0.2) is 24.3 Å². The molecule has 0 radical (unpaired) electrons. The molecule has 1 N–H and O–H groups in total. The fourth-order valence-electron chi connectivity index (χ4n) is 2.20. The van der Waals surface area contributed by atoms with Crippen LogP contribution in [0.1, 0.15) is 50.8 Å². The van der Waals surface area contributed by atoms with E-state index in [0.29, 0.717) is 4.75 Å². The van der Waals surface area contributed by atoms with E-state index in [2.05, 4.69) is 44.5 Å². The zero-order valence-electron chi connectivity index (χ0n) is 12.4. The quantitative estimate of drug-likeness (QED) is 0.813. The Labute approximate surface area is 121 Å². The second-order valence-corrected chi connectivity index (χ2v) is 6.21. The van der Waals surface area contributed by atoms with Crippen molar-refractivity contribution in [3.8, 4) is 6.07 Å². The van der Waals surface area contributed by atoms with Crippen LogP contribution in [0.4, 0.5) is 0 Å². The number of nitrogens with one attached hydrogen (secondary N) is 1. The molecule has 1 unspecified atom stereocenters. The second-order valence-electron chi connectivity index (χ2n) is 4.93. The van der Waals surface area contributed by atoms with Crippen LogP contribution in [0.25, 0.3) is 0 Å². The SMILES string of the molecule is CCC(CC)(CNC(C)c1cccc(C#N)c1)SC. The van der Waals surface area contributed by atoms with Crippen LogP contribution in [0.3, 0.4) is 0 Å². The molecule has 2 nitrogen and oxygen atoms in total. The first-order chi connectivity index (χ1) is 9.10. The lowest BCUT2D eigenvalue weighted by Gasteiger charge is -2.31. The second kappa shape index (κ2) is 7.57. The minimum atomic E-state index is 0.276. The summed E-state index contributed by atoms with van der Waals surface area (Å²) in [7, 11) is 0. The fraction of sp³-hybridized carbons (Fsp3) is 0.562. The normalized spacial score (nSPS) is 13.0. The zero-order valence-corrected chi connectivity index (χ0v) is 13.2. The van der Waals surface area contributed by atoms with Crippen molar-refractivity contribution in [2.24, 2.45) is 0 Å². The number of hydrogen-bond donors (Lipinski definition) is 1. The standard InChI is InChI=1S/C16H24N2S/c1-5-16(6-2,19-4)12-18-13(3)15-9-7-8-14(10-15)11-17/h7-10,13,18H,5-6,12H2,1-4H3. The van der Waals surface area contributed by atoms with Crippen LogP contribution in [0.2, 0.25) is 0 Å². The number of rotatable bonds is 7. The number of nitriles is 1. The third-order valence-electron chi connectivity index (χ3n) is 3.97. The summed E-state index contributed by atoms with van der Waals surface area (Å²) < 4.78 is 0.321. The Bertz CT molecular complexity index is 424. The molecule has 0 aliphatic rings. The lowest BCUT2D eigenvalue weighted by Crippen LogP contribution is -2.37. The van der Waals surface area contributed by atoms with Gasteiger partial charge in [-0.3, -0.25) is 0 Å². The number of benzene rings is 1. The first kappa shape index (κ1) is 16.1. The maximum atomic E-state index is 8.94. The summed E-state index contributed by atoms with van der Waals surface area (Å²) >= 11 is 1.95. The molecule has 0 bridgehead atoms. The van der Waals surface area contributed by atoms with Crippen molar-refractivity contribution < 1.29 is 0 Å². The van der Waals surface area contributed by atoms with E-state index in [0.717, 1.165) is 12.1 Å². The maximum absolute atomic E-state index is 8.94. The predicted octanol–water partition coefficient (Wildman–Crippen LogP) is 4.13. The lowest BCUT2D eigenvalue weighted by molar-refractivity contribution is 0.460. The molecule has 0 saturated heterocycles. The zero-order chi connectivity index (χ0) is 14.3. The molecule has 0 fully saturated rings. The van der Waals surface area contributed by atoms with Crippen LogP contribution in [-0.2, 0) is 0 Å². The van der Waals surface area contributed by atoms with Crippen LogP contribution in [-0.4, -0.2) is 17.5 Å². The molecular weight excluding hydrogens is 252 g/mol. The fourth-order valence-corrected chi connectivity index (χ4v) is 3.00. The van der Waals surface area contributed by atoms with Gasteiger partial charge in [-0.1, -0.05) is 26.0 Å². The monoisotopic (exact) mass is 276 g/mol. The van der Waals surface area contributed by atoms with Crippen molar-refractivity contribution in [2.45, 2.75) is 44.4 Å². The summed E-state index contributed by atoms with van der Waals surface area (Å²) in [4.78, 5) is 0. The highest BCUT2D eigenvalue weighted by molar-refractivity contribution is 8.00. The van der Waals surface area contributed by atoms with Gasteiger partial charge in [0.25, 0.3) is 0 Å². The van der Waals surface area contributed by atoms with Crippen LogP contribution < -0.4 is 5.32 Å². The molecule has 0 amide bonds. The van der Waals surface area contributed by atoms with Gasteiger partial charge in [0, 0.05) is 17.3 Å².